The molecule has 1 amide bonds. The van der Waals surface area contributed by atoms with Crippen LogP contribution in [0.25, 0.3) is 6.08 Å². The second-order valence-corrected chi connectivity index (χ2v) is 8.20. The Hall–Kier alpha value is -2.62. The number of hydrogen-bond donors (Lipinski definition) is 3. The largest absolute Gasteiger partial charge is 0.504 e. The Morgan fingerprint density at radius 1 is 1.36 bits per heavy atom. The predicted molar refractivity (Wildman–Crippen MR) is 112 cm³/mol. The van der Waals surface area contributed by atoms with E-state index in [0.717, 1.165) is 0 Å². The van der Waals surface area contributed by atoms with Crippen LogP contribution >= 0.6 is 22.6 Å². The predicted octanol–water partition coefficient (Wildman–Crippen LogP) is 2.59. The molecule has 0 fully saturated rings. The standard InChI is InChI=1S/C18H16IN3O5S/c1-2-27-16-9-11(8-15(19)17(16)23)7-12(10-20)18(24)22-13-3-5-14(6-4-13)28(21,25)26/h3-9,23H,2H2,1H3,(H,22,24)(H2,21,25,26)/b12-7-. The van der Waals surface area contributed by atoms with E-state index in [4.69, 9.17) is 9.88 Å². The van der Waals surface area contributed by atoms with Gasteiger partial charge in [-0.1, -0.05) is 0 Å². The summed E-state index contributed by atoms with van der Waals surface area (Å²) < 4.78 is 28.4. The van der Waals surface area contributed by atoms with Crippen molar-refractivity contribution < 1.29 is 23.1 Å². The summed E-state index contributed by atoms with van der Waals surface area (Å²) in [5, 5.41) is 26.8. The van der Waals surface area contributed by atoms with Crippen LogP contribution in [0.3, 0.4) is 0 Å². The highest BCUT2D eigenvalue weighted by atomic mass is 127. The first-order valence-electron chi connectivity index (χ1n) is 7.87. The number of aromatic hydroxyl groups is 1. The summed E-state index contributed by atoms with van der Waals surface area (Å²) in [7, 11) is -3.84. The zero-order valence-electron chi connectivity index (χ0n) is 14.6. The van der Waals surface area contributed by atoms with Crippen LogP contribution in [0.2, 0.25) is 0 Å². The molecule has 2 aromatic carbocycles. The molecule has 8 nitrogen and oxygen atoms in total. The van der Waals surface area contributed by atoms with E-state index in [2.05, 4.69) is 5.32 Å². The van der Waals surface area contributed by atoms with E-state index in [1.165, 1.54) is 36.4 Å². The number of nitrogens with two attached hydrogens (primary N) is 1. The van der Waals surface area contributed by atoms with Crippen molar-refractivity contribution in [3.63, 3.8) is 0 Å². The van der Waals surface area contributed by atoms with Gasteiger partial charge in [0, 0.05) is 5.69 Å². The number of primary sulfonamides is 1. The summed E-state index contributed by atoms with van der Waals surface area (Å²) >= 11 is 1.92. The third-order valence-electron chi connectivity index (χ3n) is 3.47. The number of hydrogen-bond acceptors (Lipinski definition) is 6. The Morgan fingerprint density at radius 3 is 2.54 bits per heavy atom. The van der Waals surface area contributed by atoms with E-state index >= 15 is 0 Å². The highest BCUT2D eigenvalue weighted by Gasteiger charge is 2.13. The number of nitrogens with zero attached hydrogens (tertiary/aromatic N) is 1. The van der Waals surface area contributed by atoms with Gasteiger partial charge in [-0.3, -0.25) is 4.79 Å². The minimum atomic E-state index is -3.84. The second kappa shape index (κ2) is 9.05. The van der Waals surface area contributed by atoms with E-state index in [9.17, 15) is 23.6 Å². The quantitative estimate of drug-likeness (QED) is 0.308. The number of carbonyl (C=O) groups excluding carboxylic acids is 1. The van der Waals surface area contributed by atoms with Gasteiger partial charge in [-0.2, -0.15) is 5.26 Å². The molecule has 0 atom stereocenters. The molecule has 0 spiro atoms. The van der Waals surface area contributed by atoms with Crippen LogP contribution in [0.4, 0.5) is 5.69 Å². The summed E-state index contributed by atoms with van der Waals surface area (Å²) in [4.78, 5) is 12.3. The number of nitriles is 1. The molecule has 0 unspecified atom stereocenters. The molecule has 146 valence electrons. The number of ether oxygens (including phenoxy) is 1. The maximum absolute atomic E-state index is 12.4. The van der Waals surface area contributed by atoms with Crippen LogP contribution in [0.5, 0.6) is 11.5 Å². The summed E-state index contributed by atoms with van der Waals surface area (Å²) in [6, 6.07) is 10.2. The zero-order valence-corrected chi connectivity index (χ0v) is 17.6. The van der Waals surface area contributed by atoms with Crippen LogP contribution in [0.15, 0.2) is 46.9 Å². The minimum absolute atomic E-state index is 0.0162. The van der Waals surface area contributed by atoms with E-state index in [1.54, 1.807) is 13.0 Å². The fourth-order valence-electron chi connectivity index (χ4n) is 2.18. The number of nitrogens with one attached hydrogen (secondary N) is 1. The summed E-state index contributed by atoms with van der Waals surface area (Å²) in [5.74, 6) is -0.443. The molecule has 4 N–H and O–H groups in total. The van der Waals surface area contributed by atoms with Crippen molar-refractivity contribution in [1.29, 1.82) is 5.26 Å². The third-order valence-corrected chi connectivity index (χ3v) is 5.22. The number of halogens is 1. The molecule has 0 aliphatic heterocycles. The molecular weight excluding hydrogens is 497 g/mol. The molecule has 28 heavy (non-hydrogen) atoms. The minimum Gasteiger partial charge on any atom is -0.504 e. The van der Waals surface area contributed by atoms with Gasteiger partial charge in [0.15, 0.2) is 11.5 Å². The van der Waals surface area contributed by atoms with Crippen molar-refractivity contribution in [2.24, 2.45) is 5.14 Å². The summed E-state index contributed by atoms with van der Waals surface area (Å²) in [6.45, 7) is 2.11. The van der Waals surface area contributed by atoms with Gasteiger partial charge in [-0.05, 0) is 77.6 Å². The van der Waals surface area contributed by atoms with E-state index in [0.29, 0.717) is 21.4 Å². The van der Waals surface area contributed by atoms with Crippen molar-refractivity contribution in [3.8, 4) is 17.6 Å². The fourth-order valence-corrected chi connectivity index (χ4v) is 3.33. The number of benzene rings is 2. The number of phenols is 1. The molecule has 2 rings (SSSR count). The molecule has 0 heterocycles. The zero-order chi connectivity index (χ0) is 20.9. The van der Waals surface area contributed by atoms with Crippen LogP contribution in [-0.4, -0.2) is 26.0 Å². The van der Waals surface area contributed by atoms with E-state index in [-0.39, 0.29) is 22.0 Å². The second-order valence-electron chi connectivity index (χ2n) is 5.48. The van der Waals surface area contributed by atoms with Crippen molar-refractivity contribution in [3.05, 3.63) is 51.1 Å². The van der Waals surface area contributed by atoms with Crippen LogP contribution in [0.1, 0.15) is 12.5 Å². The maximum atomic E-state index is 12.4. The first-order valence-corrected chi connectivity index (χ1v) is 10.5. The van der Waals surface area contributed by atoms with Crippen molar-refractivity contribution in [2.75, 3.05) is 11.9 Å². The van der Waals surface area contributed by atoms with E-state index in [1.807, 2.05) is 28.7 Å². The average Bonchev–Trinajstić information content (AvgIpc) is 2.63. The van der Waals surface area contributed by atoms with Gasteiger partial charge in [-0.15, -0.1) is 0 Å². The number of carbonyl (C=O) groups is 1. The first-order chi connectivity index (χ1) is 13.2. The lowest BCUT2D eigenvalue weighted by Gasteiger charge is -2.09. The number of rotatable bonds is 6. The number of anilines is 1. The average molecular weight is 513 g/mol. The Balaban J connectivity index is 2.27. The molecule has 10 heteroatoms. The van der Waals surface area contributed by atoms with Crippen LogP contribution in [0, 0.1) is 14.9 Å². The molecule has 0 aliphatic carbocycles. The lowest BCUT2D eigenvalue weighted by atomic mass is 10.1. The first kappa shape index (κ1) is 21.7. The van der Waals surface area contributed by atoms with Crippen LogP contribution < -0.4 is 15.2 Å². The topological polar surface area (TPSA) is 143 Å². The molecular formula is C18H16IN3O5S. The van der Waals surface area contributed by atoms with Gasteiger partial charge in [-0.25, -0.2) is 13.6 Å². The Bertz CT molecular complexity index is 1070. The SMILES string of the molecule is CCOc1cc(/C=C(/C#N)C(=O)Nc2ccc(S(N)(=O)=O)cc2)cc(I)c1O. The smallest absolute Gasteiger partial charge is 0.266 e. The lowest BCUT2D eigenvalue weighted by molar-refractivity contribution is -0.112. The molecule has 0 saturated carbocycles. The Morgan fingerprint density at radius 2 is 2.00 bits per heavy atom. The van der Waals surface area contributed by atoms with Crippen molar-refractivity contribution in [1.82, 2.24) is 0 Å². The molecule has 2 aromatic rings. The lowest BCUT2D eigenvalue weighted by Crippen LogP contribution is -2.14. The molecule has 0 aromatic heterocycles. The highest BCUT2D eigenvalue weighted by molar-refractivity contribution is 14.1. The molecule has 0 bridgehead atoms. The maximum Gasteiger partial charge on any atom is 0.266 e. The van der Waals surface area contributed by atoms with Gasteiger partial charge < -0.3 is 15.2 Å². The van der Waals surface area contributed by atoms with Gasteiger partial charge in [0.2, 0.25) is 10.0 Å². The molecule has 0 aliphatic rings. The molecule has 0 radical (unpaired) electrons. The normalized spacial score (nSPS) is 11.6. The van der Waals surface area contributed by atoms with E-state index < -0.39 is 15.9 Å². The van der Waals surface area contributed by atoms with Gasteiger partial charge in [0.05, 0.1) is 15.1 Å². The third kappa shape index (κ3) is 5.44. The fraction of sp³-hybridized carbons (Fsp3) is 0.111. The monoisotopic (exact) mass is 513 g/mol. The Kier molecular flexibility index (Phi) is 7.00. The Labute approximate surface area is 175 Å². The van der Waals surface area contributed by atoms with Gasteiger partial charge in [0.25, 0.3) is 5.91 Å². The van der Waals surface area contributed by atoms with Crippen molar-refractivity contribution in [2.45, 2.75) is 11.8 Å². The molecule has 0 saturated heterocycles. The number of amides is 1. The summed E-state index contributed by atoms with van der Waals surface area (Å²) in [6.07, 6.45) is 1.36. The van der Waals surface area contributed by atoms with Crippen molar-refractivity contribution >= 4 is 50.3 Å². The van der Waals surface area contributed by atoms with Gasteiger partial charge >= 0.3 is 0 Å². The number of phenolic OH excluding ortho intramolecular Hbond substituents is 1. The van der Waals surface area contributed by atoms with Crippen LogP contribution in [-0.2, 0) is 14.8 Å². The summed E-state index contributed by atoms with van der Waals surface area (Å²) in [5.41, 5.74) is 0.621. The number of sulfonamides is 1. The van der Waals surface area contributed by atoms with Gasteiger partial charge in [0.1, 0.15) is 11.6 Å². The highest BCUT2D eigenvalue weighted by Crippen LogP contribution is 2.33.